The van der Waals surface area contributed by atoms with Gasteiger partial charge in [0.15, 0.2) is 5.65 Å². The van der Waals surface area contributed by atoms with Crippen molar-refractivity contribution in [3.63, 3.8) is 0 Å². The first-order chi connectivity index (χ1) is 16.1. The first-order valence-electron chi connectivity index (χ1n) is 10.5. The number of fused-ring (bicyclic) bond motifs is 1. The van der Waals surface area contributed by atoms with Gasteiger partial charge in [-0.3, -0.25) is 4.79 Å². The summed E-state index contributed by atoms with van der Waals surface area (Å²) in [5.74, 6) is 0.799. The van der Waals surface area contributed by atoms with Crippen LogP contribution in [0.1, 0.15) is 23.2 Å². The first-order valence-corrected chi connectivity index (χ1v) is 12.9. The minimum absolute atomic E-state index is 0.0328. The number of hydrogen-bond donors (Lipinski definition) is 2. The fraction of sp³-hybridized carbons (Fsp3) is 0.208. The van der Waals surface area contributed by atoms with E-state index in [-0.39, 0.29) is 5.91 Å². The number of rotatable bonds is 9. The molecular weight excluding hydrogens is 522 g/mol. The number of thioether (sulfide) groups is 1. The van der Waals surface area contributed by atoms with Gasteiger partial charge in [0.1, 0.15) is 5.82 Å². The van der Waals surface area contributed by atoms with Gasteiger partial charge in [0, 0.05) is 34.6 Å². The monoisotopic (exact) mass is 543 g/mol. The van der Waals surface area contributed by atoms with Gasteiger partial charge in [-0.1, -0.05) is 41.9 Å². The minimum Gasteiger partial charge on any atom is -0.370 e. The summed E-state index contributed by atoms with van der Waals surface area (Å²) in [6.07, 6.45) is 5.45. The van der Waals surface area contributed by atoms with Crippen LogP contribution >= 0.6 is 39.3 Å². The molecule has 0 aliphatic heterocycles. The molecular formula is C24H23BrClN5OS. The summed E-state index contributed by atoms with van der Waals surface area (Å²) >= 11 is 11.5. The highest BCUT2D eigenvalue weighted by Crippen LogP contribution is 2.30. The Morgan fingerprint density at radius 3 is 2.70 bits per heavy atom. The molecule has 0 fully saturated rings. The molecule has 9 heteroatoms. The molecule has 0 saturated heterocycles. The van der Waals surface area contributed by atoms with Gasteiger partial charge in [0.25, 0.3) is 5.91 Å². The number of nitrogens with one attached hydrogen (secondary N) is 2. The Morgan fingerprint density at radius 1 is 1.12 bits per heavy atom. The lowest BCUT2D eigenvalue weighted by Crippen LogP contribution is -2.25. The topological polar surface area (TPSA) is 71.3 Å². The molecule has 0 spiro atoms. The molecule has 0 aliphatic carbocycles. The van der Waals surface area contributed by atoms with Crippen molar-refractivity contribution in [2.75, 3.05) is 24.7 Å². The largest absolute Gasteiger partial charge is 0.370 e. The Labute approximate surface area is 210 Å². The third-order valence-corrected chi connectivity index (χ3v) is 6.81. The summed E-state index contributed by atoms with van der Waals surface area (Å²) in [4.78, 5) is 18.2. The number of nitrogens with zero attached hydrogens (tertiary/aromatic N) is 3. The van der Waals surface area contributed by atoms with Crippen LogP contribution in [0.5, 0.6) is 0 Å². The summed E-state index contributed by atoms with van der Waals surface area (Å²) in [6, 6.07) is 17.3. The van der Waals surface area contributed by atoms with Crippen molar-refractivity contribution < 1.29 is 4.79 Å². The summed E-state index contributed by atoms with van der Waals surface area (Å²) < 4.78 is 2.58. The first kappa shape index (κ1) is 23.6. The normalized spacial score (nSPS) is 11.0. The van der Waals surface area contributed by atoms with Gasteiger partial charge in [-0.15, -0.1) is 11.8 Å². The molecule has 2 aromatic heterocycles. The van der Waals surface area contributed by atoms with Crippen molar-refractivity contribution >= 4 is 56.7 Å². The third-order valence-electron chi connectivity index (χ3n) is 5.13. The number of unbranched alkanes of at least 4 members (excludes halogenated alkanes) is 1. The second-order valence-corrected chi connectivity index (χ2v) is 9.43. The number of benzene rings is 2. The SMILES string of the molecule is CSc1ccccc1C(=O)NCCCCNc1cc(-c2ccccc2Cl)nc2c(Br)cnn12. The molecule has 0 saturated carbocycles. The molecule has 4 rings (SSSR count). The van der Waals surface area contributed by atoms with Crippen LogP contribution in [0.25, 0.3) is 16.9 Å². The van der Waals surface area contributed by atoms with E-state index in [4.69, 9.17) is 16.6 Å². The molecule has 2 heterocycles. The molecule has 0 radical (unpaired) electrons. The van der Waals surface area contributed by atoms with Gasteiger partial charge in [-0.05, 0) is 53.2 Å². The fourth-order valence-corrected chi connectivity index (χ4v) is 4.64. The van der Waals surface area contributed by atoms with E-state index in [0.717, 1.165) is 57.0 Å². The van der Waals surface area contributed by atoms with E-state index in [1.54, 1.807) is 22.5 Å². The minimum atomic E-state index is -0.0328. The second-order valence-electron chi connectivity index (χ2n) is 7.32. The van der Waals surface area contributed by atoms with Gasteiger partial charge in [-0.2, -0.15) is 9.61 Å². The summed E-state index contributed by atoms with van der Waals surface area (Å²) in [7, 11) is 0. The van der Waals surface area contributed by atoms with Crippen molar-refractivity contribution in [3.8, 4) is 11.3 Å². The zero-order valence-corrected chi connectivity index (χ0v) is 21.2. The van der Waals surface area contributed by atoms with E-state index in [1.165, 1.54) is 0 Å². The Kier molecular flexibility index (Phi) is 7.90. The lowest BCUT2D eigenvalue weighted by atomic mass is 10.1. The maximum absolute atomic E-state index is 12.5. The molecule has 33 heavy (non-hydrogen) atoms. The highest BCUT2D eigenvalue weighted by molar-refractivity contribution is 9.10. The molecule has 0 atom stereocenters. The van der Waals surface area contributed by atoms with Crippen molar-refractivity contribution in [2.45, 2.75) is 17.7 Å². The standard InChI is InChI=1S/C24H23BrClN5OS/c1-33-21-11-5-3-9-17(21)24(32)28-13-7-6-12-27-22-14-20(16-8-2-4-10-19(16)26)30-23-18(25)15-29-31(22)23/h2-5,8-11,14-15,27H,6-7,12-13H2,1H3,(H,28,32). The van der Waals surface area contributed by atoms with Crippen LogP contribution in [0.3, 0.4) is 0 Å². The Balaban J connectivity index is 1.37. The number of aromatic nitrogens is 3. The molecule has 170 valence electrons. The van der Waals surface area contributed by atoms with Crippen LogP contribution in [-0.4, -0.2) is 39.9 Å². The molecule has 0 bridgehead atoms. The van der Waals surface area contributed by atoms with E-state index in [9.17, 15) is 4.79 Å². The average Bonchev–Trinajstić information content (AvgIpc) is 3.22. The van der Waals surface area contributed by atoms with Gasteiger partial charge in [0.2, 0.25) is 0 Å². The highest BCUT2D eigenvalue weighted by atomic mass is 79.9. The van der Waals surface area contributed by atoms with Crippen molar-refractivity contribution in [1.82, 2.24) is 19.9 Å². The van der Waals surface area contributed by atoms with Gasteiger partial charge in [-0.25, -0.2) is 4.98 Å². The smallest absolute Gasteiger partial charge is 0.252 e. The zero-order chi connectivity index (χ0) is 23.2. The number of halogens is 2. The molecule has 4 aromatic rings. The number of carbonyl (C=O) groups excluding carboxylic acids is 1. The maximum Gasteiger partial charge on any atom is 0.252 e. The van der Waals surface area contributed by atoms with Crippen molar-refractivity contribution in [3.05, 3.63) is 75.9 Å². The number of anilines is 1. The van der Waals surface area contributed by atoms with Crippen LogP contribution in [0.2, 0.25) is 5.02 Å². The van der Waals surface area contributed by atoms with Crippen LogP contribution in [0, 0.1) is 0 Å². The van der Waals surface area contributed by atoms with Crippen LogP contribution < -0.4 is 10.6 Å². The predicted molar refractivity (Wildman–Crippen MR) is 139 cm³/mol. The van der Waals surface area contributed by atoms with Crippen LogP contribution in [-0.2, 0) is 0 Å². The third kappa shape index (κ3) is 5.51. The van der Waals surface area contributed by atoms with Gasteiger partial charge in [0.05, 0.1) is 21.9 Å². The summed E-state index contributed by atoms with van der Waals surface area (Å²) in [5.41, 5.74) is 3.08. The summed E-state index contributed by atoms with van der Waals surface area (Å²) in [6.45, 7) is 1.35. The lowest BCUT2D eigenvalue weighted by Gasteiger charge is -2.12. The number of carbonyl (C=O) groups is 1. The number of amides is 1. The van der Waals surface area contributed by atoms with Crippen molar-refractivity contribution in [2.24, 2.45) is 0 Å². The van der Waals surface area contributed by atoms with Crippen molar-refractivity contribution in [1.29, 1.82) is 0 Å². The summed E-state index contributed by atoms with van der Waals surface area (Å²) in [5, 5.41) is 11.5. The fourth-order valence-electron chi connectivity index (χ4n) is 3.46. The molecule has 0 unspecified atom stereocenters. The van der Waals surface area contributed by atoms with E-state index < -0.39 is 0 Å². The maximum atomic E-state index is 12.5. The zero-order valence-electron chi connectivity index (χ0n) is 18.0. The van der Waals surface area contributed by atoms with E-state index in [2.05, 4.69) is 31.7 Å². The van der Waals surface area contributed by atoms with E-state index in [1.807, 2.05) is 60.9 Å². The Bertz CT molecular complexity index is 1280. The van der Waals surface area contributed by atoms with Gasteiger partial charge < -0.3 is 10.6 Å². The van der Waals surface area contributed by atoms with Gasteiger partial charge >= 0.3 is 0 Å². The predicted octanol–water partition coefficient (Wildman–Crippen LogP) is 6.16. The average molecular weight is 545 g/mol. The molecule has 2 N–H and O–H groups in total. The molecule has 1 amide bonds. The Hall–Kier alpha value is -2.55. The Morgan fingerprint density at radius 2 is 1.88 bits per heavy atom. The van der Waals surface area contributed by atoms with Crippen LogP contribution in [0.4, 0.5) is 5.82 Å². The number of hydrogen-bond acceptors (Lipinski definition) is 5. The second kappa shape index (κ2) is 11.0. The quantitative estimate of drug-likeness (QED) is 0.195. The van der Waals surface area contributed by atoms with E-state index >= 15 is 0 Å². The lowest BCUT2D eigenvalue weighted by molar-refractivity contribution is 0.0950. The molecule has 2 aromatic carbocycles. The molecule has 0 aliphatic rings. The van der Waals surface area contributed by atoms with Crippen LogP contribution in [0.15, 0.2) is 70.2 Å². The highest BCUT2D eigenvalue weighted by Gasteiger charge is 2.13. The molecule has 6 nitrogen and oxygen atoms in total. The van der Waals surface area contributed by atoms with E-state index in [0.29, 0.717) is 11.6 Å².